The molecule has 0 bridgehead atoms. The lowest BCUT2D eigenvalue weighted by molar-refractivity contribution is 0.0848. The number of aryl methyl sites for hydroxylation is 2. The number of nitrogens with one attached hydrogen (secondary N) is 2. The zero-order valence-electron chi connectivity index (χ0n) is 16.6. The van der Waals surface area contributed by atoms with Gasteiger partial charge in [-0.2, -0.15) is 0 Å². The lowest BCUT2D eigenvalue weighted by atomic mass is 10.1. The number of fused-ring (bicyclic) bond motifs is 1. The number of ether oxygens (including phenoxy) is 1. The first-order valence-electron chi connectivity index (χ1n) is 9.78. The van der Waals surface area contributed by atoms with Crippen LogP contribution in [0.15, 0.2) is 42.6 Å². The van der Waals surface area contributed by atoms with Crippen LogP contribution in [0.4, 0.5) is 5.69 Å². The molecule has 4 rings (SSSR count). The van der Waals surface area contributed by atoms with E-state index in [0.29, 0.717) is 17.7 Å². The van der Waals surface area contributed by atoms with Crippen LogP contribution in [0.3, 0.4) is 0 Å². The first-order valence-corrected chi connectivity index (χ1v) is 9.78. The quantitative estimate of drug-likeness (QED) is 0.699. The molecule has 1 saturated heterocycles. The Labute approximate surface area is 169 Å². The van der Waals surface area contributed by atoms with E-state index in [1.54, 1.807) is 22.7 Å². The topological polar surface area (TPSA) is 84.7 Å². The molecular weight excluding hydrogens is 368 g/mol. The van der Waals surface area contributed by atoms with Crippen molar-refractivity contribution < 1.29 is 14.3 Å². The van der Waals surface area contributed by atoms with Gasteiger partial charge in [0, 0.05) is 25.0 Å². The predicted octanol–water partition coefficient (Wildman–Crippen LogP) is 3.11. The van der Waals surface area contributed by atoms with Gasteiger partial charge in [-0.15, -0.1) is 0 Å². The maximum Gasteiger partial charge on any atom is 0.287 e. The summed E-state index contributed by atoms with van der Waals surface area (Å²) in [6.07, 6.45) is 3.72. The summed E-state index contributed by atoms with van der Waals surface area (Å²) in [7, 11) is 0. The first kappa shape index (κ1) is 19.1. The number of hydrogen-bond donors (Lipinski definition) is 2. The molecule has 0 spiro atoms. The van der Waals surface area contributed by atoms with Gasteiger partial charge in [-0.05, 0) is 62.1 Å². The zero-order chi connectivity index (χ0) is 20.4. The minimum Gasteiger partial charge on any atom is -0.376 e. The van der Waals surface area contributed by atoms with Gasteiger partial charge in [-0.1, -0.05) is 12.1 Å². The van der Waals surface area contributed by atoms with Crippen LogP contribution in [0.1, 0.15) is 45.1 Å². The summed E-state index contributed by atoms with van der Waals surface area (Å²) in [6.45, 7) is 5.18. The molecule has 2 N–H and O–H groups in total. The molecule has 2 amide bonds. The number of imidazole rings is 1. The van der Waals surface area contributed by atoms with Crippen LogP contribution in [0, 0.1) is 13.8 Å². The molecule has 1 atom stereocenters. The van der Waals surface area contributed by atoms with Crippen LogP contribution in [-0.2, 0) is 4.74 Å². The van der Waals surface area contributed by atoms with Crippen molar-refractivity contribution in [1.82, 2.24) is 14.7 Å². The molecule has 3 aromatic rings. The third-order valence-electron chi connectivity index (χ3n) is 5.25. The SMILES string of the molecule is Cc1ccc(NC(=O)c2nc(C(=O)NCC3CCCO3)n3ccccc23)cc1C. The number of hydrogen-bond acceptors (Lipinski definition) is 4. The Hall–Kier alpha value is -3.19. The van der Waals surface area contributed by atoms with Crippen molar-refractivity contribution >= 4 is 23.0 Å². The number of carbonyl (C=O) groups is 2. The normalized spacial score (nSPS) is 16.1. The molecule has 1 aliphatic heterocycles. The highest BCUT2D eigenvalue weighted by atomic mass is 16.5. The number of pyridine rings is 1. The highest BCUT2D eigenvalue weighted by Crippen LogP contribution is 2.18. The molecule has 1 aromatic carbocycles. The highest BCUT2D eigenvalue weighted by Gasteiger charge is 2.23. The van der Waals surface area contributed by atoms with Crippen LogP contribution in [0.5, 0.6) is 0 Å². The predicted molar refractivity (Wildman–Crippen MR) is 110 cm³/mol. The van der Waals surface area contributed by atoms with Crippen LogP contribution >= 0.6 is 0 Å². The molecule has 7 heteroatoms. The number of aromatic nitrogens is 2. The molecule has 150 valence electrons. The van der Waals surface area contributed by atoms with Crippen molar-refractivity contribution in [2.45, 2.75) is 32.8 Å². The second-order valence-electron chi connectivity index (χ2n) is 7.34. The van der Waals surface area contributed by atoms with Gasteiger partial charge in [0.1, 0.15) is 0 Å². The van der Waals surface area contributed by atoms with E-state index in [1.165, 1.54) is 0 Å². The van der Waals surface area contributed by atoms with Crippen LogP contribution in [-0.4, -0.2) is 40.5 Å². The van der Waals surface area contributed by atoms with Gasteiger partial charge in [-0.3, -0.25) is 14.0 Å². The number of benzene rings is 1. The van der Waals surface area contributed by atoms with Gasteiger partial charge in [0.25, 0.3) is 11.8 Å². The molecule has 1 unspecified atom stereocenters. The Morgan fingerprint density at radius 1 is 1.17 bits per heavy atom. The smallest absolute Gasteiger partial charge is 0.287 e. The van der Waals surface area contributed by atoms with Crippen molar-refractivity contribution in [2.24, 2.45) is 0 Å². The molecule has 1 aliphatic rings. The number of rotatable bonds is 5. The molecule has 3 heterocycles. The van der Waals surface area contributed by atoms with E-state index < -0.39 is 0 Å². The van der Waals surface area contributed by atoms with Gasteiger partial charge in [0.2, 0.25) is 5.82 Å². The average Bonchev–Trinajstić information content (AvgIpc) is 3.37. The van der Waals surface area contributed by atoms with E-state index >= 15 is 0 Å². The third kappa shape index (κ3) is 4.00. The van der Waals surface area contributed by atoms with E-state index in [4.69, 9.17) is 4.74 Å². The van der Waals surface area contributed by atoms with Crippen LogP contribution < -0.4 is 10.6 Å². The summed E-state index contributed by atoms with van der Waals surface area (Å²) in [5.41, 5.74) is 3.73. The van der Waals surface area contributed by atoms with Crippen LogP contribution in [0.25, 0.3) is 5.52 Å². The third-order valence-corrected chi connectivity index (χ3v) is 5.25. The van der Waals surface area contributed by atoms with E-state index in [-0.39, 0.29) is 29.4 Å². The van der Waals surface area contributed by atoms with Crippen molar-refractivity contribution in [3.8, 4) is 0 Å². The zero-order valence-corrected chi connectivity index (χ0v) is 16.6. The van der Waals surface area contributed by atoms with Gasteiger partial charge < -0.3 is 15.4 Å². The summed E-state index contributed by atoms with van der Waals surface area (Å²) in [5.74, 6) is -0.495. The Balaban J connectivity index is 1.58. The fraction of sp³-hybridized carbons (Fsp3) is 0.318. The van der Waals surface area contributed by atoms with Crippen LogP contribution in [0.2, 0.25) is 0 Å². The highest BCUT2D eigenvalue weighted by molar-refractivity contribution is 6.09. The average molecular weight is 392 g/mol. The second-order valence-corrected chi connectivity index (χ2v) is 7.34. The van der Waals surface area contributed by atoms with E-state index in [0.717, 1.165) is 30.6 Å². The molecule has 2 aromatic heterocycles. The van der Waals surface area contributed by atoms with Gasteiger partial charge in [0.15, 0.2) is 5.69 Å². The number of carbonyl (C=O) groups excluding carboxylic acids is 2. The second kappa shape index (κ2) is 8.05. The van der Waals surface area contributed by atoms with E-state index in [1.807, 2.05) is 38.1 Å². The summed E-state index contributed by atoms with van der Waals surface area (Å²) < 4.78 is 7.19. The number of amides is 2. The molecule has 0 radical (unpaired) electrons. The molecular formula is C22H24N4O3. The molecule has 7 nitrogen and oxygen atoms in total. The van der Waals surface area contributed by atoms with Crippen molar-refractivity contribution in [1.29, 1.82) is 0 Å². The maximum absolute atomic E-state index is 12.9. The van der Waals surface area contributed by atoms with Crippen molar-refractivity contribution in [3.63, 3.8) is 0 Å². The lowest BCUT2D eigenvalue weighted by Crippen LogP contribution is -2.33. The fourth-order valence-electron chi connectivity index (χ4n) is 3.47. The Morgan fingerprint density at radius 2 is 2.03 bits per heavy atom. The Bertz CT molecular complexity index is 1070. The molecule has 0 saturated carbocycles. The molecule has 29 heavy (non-hydrogen) atoms. The molecule has 0 aliphatic carbocycles. The van der Waals surface area contributed by atoms with E-state index in [9.17, 15) is 9.59 Å². The fourth-order valence-corrected chi connectivity index (χ4v) is 3.47. The minimum atomic E-state index is -0.352. The molecule has 1 fully saturated rings. The summed E-state index contributed by atoms with van der Waals surface area (Å²) in [4.78, 5) is 30.0. The summed E-state index contributed by atoms with van der Waals surface area (Å²) >= 11 is 0. The first-order chi connectivity index (χ1) is 14.0. The van der Waals surface area contributed by atoms with Crippen molar-refractivity contribution in [3.05, 3.63) is 65.2 Å². The monoisotopic (exact) mass is 392 g/mol. The standard InChI is InChI=1S/C22H24N4O3/c1-14-8-9-16(12-15(14)2)24-21(27)19-18-7-3-4-10-26(18)20(25-19)22(28)23-13-17-6-5-11-29-17/h3-4,7-10,12,17H,5-6,11,13H2,1-2H3,(H,23,28)(H,24,27). The summed E-state index contributed by atoms with van der Waals surface area (Å²) in [6, 6.07) is 11.1. The number of nitrogens with zero attached hydrogens (tertiary/aromatic N) is 2. The minimum absolute atomic E-state index is 0.0396. The Morgan fingerprint density at radius 3 is 2.79 bits per heavy atom. The largest absolute Gasteiger partial charge is 0.376 e. The maximum atomic E-state index is 12.9. The van der Waals surface area contributed by atoms with Gasteiger partial charge in [-0.25, -0.2) is 4.98 Å². The lowest BCUT2D eigenvalue weighted by Gasteiger charge is -2.10. The van der Waals surface area contributed by atoms with Gasteiger partial charge >= 0.3 is 0 Å². The van der Waals surface area contributed by atoms with E-state index in [2.05, 4.69) is 15.6 Å². The van der Waals surface area contributed by atoms with Gasteiger partial charge in [0.05, 0.1) is 11.6 Å². The number of anilines is 1. The Kier molecular flexibility index (Phi) is 5.31. The van der Waals surface area contributed by atoms with Crippen molar-refractivity contribution in [2.75, 3.05) is 18.5 Å². The summed E-state index contributed by atoms with van der Waals surface area (Å²) in [5, 5.41) is 5.75.